The van der Waals surface area contributed by atoms with Gasteiger partial charge in [0.25, 0.3) is 5.56 Å². The maximum Gasteiger partial charge on any atom is 0.408 e. The van der Waals surface area contributed by atoms with Gasteiger partial charge in [-0.15, -0.1) is 0 Å². The summed E-state index contributed by atoms with van der Waals surface area (Å²) >= 11 is 3.00. The monoisotopic (exact) mass is 371 g/mol. The molecule has 1 unspecified atom stereocenters. The minimum absolute atomic E-state index is 0.00894. The molecule has 1 atom stereocenters. The average Bonchev–Trinajstić information content (AvgIpc) is 2.36. The fourth-order valence-electron chi connectivity index (χ4n) is 1.76. The first-order chi connectivity index (χ1) is 9.65. The molecule has 21 heavy (non-hydrogen) atoms. The molecule has 0 aliphatic rings. The van der Waals surface area contributed by atoms with Crippen molar-refractivity contribution in [3.63, 3.8) is 0 Å². The van der Waals surface area contributed by atoms with Crippen LogP contribution in [0.3, 0.4) is 0 Å². The highest BCUT2D eigenvalue weighted by atomic mass is 79.9. The summed E-state index contributed by atoms with van der Waals surface area (Å²) in [4.78, 5) is 11.8. The number of alkyl halides is 3. The van der Waals surface area contributed by atoms with E-state index in [4.69, 9.17) is 5.11 Å². The van der Waals surface area contributed by atoms with Crippen molar-refractivity contribution < 1.29 is 18.3 Å². The molecular weight excluding hydrogens is 355 g/mol. The van der Waals surface area contributed by atoms with Gasteiger partial charge in [0, 0.05) is 12.6 Å². The van der Waals surface area contributed by atoms with Crippen molar-refractivity contribution >= 4 is 21.6 Å². The highest BCUT2D eigenvalue weighted by Crippen LogP contribution is 2.22. The number of anilines is 1. The molecule has 0 aliphatic carbocycles. The SMILES string of the molecule is CC(C)C(CCO)Nc1cnn(CC(F)(F)F)c(=O)c1Br. The lowest BCUT2D eigenvalue weighted by Crippen LogP contribution is -2.33. The third kappa shape index (κ3) is 5.31. The Morgan fingerprint density at radius 2 is 2.10 bits per heavy atom. The second-order valence-electron chi connectivity index (χ2n) is 4.96. The number of nitrogens with zero attached hydrogens (tertiary/aromatic N) is 2. The molecule has 0 spiro atoms. The van der Waals surface area contributed by atoms with E-state index in [1.807, 2.05) is 13.8 Å². The Morgan fingerprint density at radius 1 is 1.48 bits per heavy atom. The number of aliphatic hydroxyl groups excluding tert-OH is 1. The second-order valence-corrected chi connectivity index (χ2v) is 5.75. The van der Waals surface area contributed by atoms with E-state index in [9.17, 15) is 18.0 Å². The molecule has 1 heterocycles. The van der Waals surface area contributed by atoms with Crippen LogP contribution in [0.25, 0.3) is 0 Å². The number of halogens is 4. The maximum atomic E-state index is 12.3. The molecule has 0 saturated heterocycles. The molecule has 0 aliphatic heterocycles. The number of rotatable bonds is 6. The summed E-state index contributed by atoms with van der Waals surface area (Å²) < 4.78 is 37.3. The van der Waals surface area contributed by atoms with Crippen molar-refractivity contribution in [1.29, 1.82) is 0 Å². The largest absolute Gasteiger partial charge is 0.408 e. The van der Waals surface area contributed by atoms with E-state index in [1.165, 1.54) is 6.20 Å². The third-order valence-corrected chi connectivity index (χ3v) is 3.67. The quantitative estimate of drug-likeness (QED) is 0.805. The standard InChI is InChI=1S/C12H17BrF3N3O2/c1-7(2)8(3-4-20)18-9-5-17-19(6-12(14,15)16)11(21)10(9)13/h5,7-8,18,20H,3-4,6H2,1-2H3. The third-order valence-electron chi connectivity index (χ3n) is 2.90. The second kappa shape index (κ2) is 7.26. The van der Waals surface area contributed by atoms with Gasteiger partial charge in [-0.1, -0.05) is 13.8 Å². The summed E-state index contributed by atoms with van der Waals surface area (Å²) in [6, 6.07) is -0.119. The van der Waals surface area contributed by atoms with Crippen molar-refractivity contribution in [2.75, 3.05) is 11.9 Å². The first-order valence-electron chi connectivity index (χ1n) is 6.35. The van der Waals surface area contributed by atoms with Crippen LogP contribution >= 0.6 is 15.9 Å². The Labute approximate surface area is 128 Å². The van der Waals surface area contributed by atoms with Gasteiger partial charge >= 0.3 is 6.18 Å². The summed E-state index contributed by atoms with van der Waals surface area (Å²) in [5.74, 6) is 0.168. The van der Waals surface area contributed by atoms with Crippen LogP contribution in [0.5, 0.6) is 0 Å². The number of aromatic nitrogens is 2. The highest BCUT2D eigenvalue weighted by molar-refractivity contribution is 9.10. The van der Waals surface area contributed by atoms with Gasteiger partial charge in [-0.2, -0.15) is 18.3 Å². The Balaban J connectivity index is 3.01. The van der Waals surface area contributed by atoms with Crippen LogP contribution in [-0.2, 0) is 6.54 Å². The molecule has 0 fully saturated rings. The maximum absolute atomic E-state index is 12.3. The summed E-state index contributed by atoms with van der Waals surface area (Å²) in [6.45, 7) is 2.39. The van der Waals surface area contributed by atoms with Crippen LogP contribution in [0.1, 0.15) is 20.3 Å². The molecule has 0 amide bonds. The van der Waals surface area contributed by atoms with Gasteiger partial charge in [-0.3, -0.25) is 4.79 Å². The zero-order chi connectivity index (χ0) is 16.2. The number of hydrogen-bond donors (Lipinski definition) is 2. The van der Waals surface area contributed by atoms with Gasteiger partial charge in [0.2, 0.25) is 0 Å². The number of aliphatic hydroxyl groups is 1. The zero-order valence-corrected chi connectivity index (χ0v) is 13.2. The van der Waals surface area contributed by atoms with Crippen molar-refractivity contribution in [3.05, 3.63) is 21.0 Å². The molecule has 1 rings (SSSR count). The van der Waals surface area contributed by atoms with Gasteiger partial charge in [0.05, 0.1) is 11.9 Å². The lowest BCUT2D eigenvalue weighted by Gasteiger charge is -2.23. The van der Waals surface area contributed by atoms with Crippen LogP contribution in [0.4, 0.5) is 18.9 Å². The van der Waals surface area contributed by atoms with E-state index in [-0.39, 0.29) is 23.0 Å². The summed E-state index contributed by atoms with van der Waals surface area (Å²) in [5, 5.41) is 15.5. The molecule has 9 heteroatoms. The van der Waals surface area contributed by atoms with E-state index < -0.39 is 18.3 Å². The summed E-state index contributed by atoms with van der Waals surface area (Å²) in [5.41, 5.74) is -0.547. The lowest BCUT2D eigenvalue weighted by atomic mass is 10.0. The smallest absolute Gasteiger partial charge is 0.396 e. The molecule has 1 aromatic rings. The van der Waals surface area contributed by atoms with E-state index in [2.05, 4.69) is 26.3 Å². The van der Waals surface area contributed by atoms with Crippen molar-refractivity contribution in [1.82, 2.24) is 9.78 Å². The van der Waals surface area contributed by atoms with Gasteiger partial charge in [0.15, 0.2) is 0 Å². The first kappa shape index (κ1) is 18.0. The Hall–Kier alpha value is -1.09. The molecule has 0 bridgehead atoms. The Morgan fingerprint density at radius 3 is 2.57 bits per heavy atom. The Kier molecular flexibility index (Phi) is 6.21. The molecule has 5 nitrogen and oxygen atoms in total. The zero-order valence-electron chi connectivity index (χ0n) is 11.6. The number of nitrogens with one attached hydrogen (secondary N) is 1. The Bertz CT molecular complexity index is 531. The first-order valence-corrected chi connectivity index (χ1v) is 7.14. The minimum Gasteiger partial charge on any atom is -0.396 e. The van der Waals surface area contributed by atoms with Crippen LogP contribution in [0, 0.1) is 5.92 Å². The van der Waals surface area contributed by atoms with E-state index in [1.54, 1.807) is 0 Å². The van der Waals surface area contributed by atoms with E-state index >= 15 is 0 Å². The number of hydrogen-bond acceptors (Lipinski definition) is 4. The van der Waals surface area contributed by atoms with Crippen LogP contribution in [0.15, 0.2) is 15.5 Å². The average molecular weight is 372 g/mol. The van der Waals surface area contributed by atoms with E-state index in [0.29, 0.717) is 16.8 Å². The molecule has 0 saturated carbocycles. The van der Waals surface area contributed by atoms with Crippen LogP contribution in [0.2, 0.25) is 0 Å². The van der Waals surface area contributed by atoms with Gasteiger partial charge in [-0.05, 0) is 28.3 Å². The molecule has 120 valence electrons. The van der Waals surface area contributed by atoms with Crippen LogP contribution in [-0.4, -0.2) is 33.7 Å². The van der Waals surface area contributed by atoms with Gasteiger partial charge < -0.3 is 10.4 Å². The van der Waals surface area contributed by atoms with Crippen molar-refractivity contribution in [3.8, 4) is 0 Å². The molecule has 0 radical (unpaired) electrons. The topological polar surface area (TPSA) is 67.2 Å². The normalized spacial score (nSPS) is 13.5. The minimum atomic E-state index is -4.51. The predicted molar refractivity (Wildman–Crippen MR) is 76.2 cm³/mol. The van der Waals surface area contributed by atoms with E-state index in [0.717, 1.165) is 0 Å². The van der Waals surface area contributed by atoms with Gasteiger partial charge in [0.1, 0.15) is 11.0 Å². The highest BCUT2D eigenvalue weighted by Gasteiger charge is 2.29. The molecule has 1 aromatic heterocycles. The predicted octanol–water partition coefficient (Wildman–Crippen LogP) is 2.39. The van der Waals surface area contributed by atoms with Crippen LogP contribution < -0.4 is 10.9 Å². The fraction of sp³-hybridized carbons (Fsp3) is 0.667. The van der Waals surface area contributed by atoms with Crippen molar-refractivity contribution in [2.24, 2.45) is 5.92 Å². The summed E-state index contributed by atoms with van der Waals surface area (Å²) in [7, 11) is 0. The fourth-order valence-corrected chi connectivity index (χ4v) is 2.18. The molecule has 2 N–H and O–H groups in total. The molecular formula is C12H17BrF3N3O2. The lowest BCUT2D eigenvalue weighted by molar-refractivity contribution is -0.143. The van der Waals surface area contributed by atoms with Crippen molar-refractivity contribution in [2.45, 2.75) is 39.0 Å². The summed E-state index contributed by atoms with van der Waals surface area (Å²) in [6.07, 6.45) is -2.89. The van der Waals surface area contributed by atoms with Gasteiger partial charge in [-0.25, -0.2) is 4.68 Å². The molecule has 0 aromatic carbocycles.